The highest BCUT2D eigenvalue weighted by molar-refractivity contribution is 5.88. The quantitative estimate of drug-likeness (QED) is 0.814. The van der Waals surface area contributed by atoms with Gasteiger partial charge in [0, 0.05) is 12.6 Å². The smallest absolute Gasteiger partial charge is 0.221 e. The average Bonchev–Trinajstić information content (AvgIpc) is 2.36. The maximum Gasteiger partial charge on any atom is 0.221 e. The molecule has 0 unspecified atom stereocenters. The van der Waals surface area contributed by atoms with Gasteiger partial charge in [-0.05, 0) is 24.1 Å². The van der Waals surface area contributed by atoms with Crippen LogP contribution in [0.3, 0.4) is 0 Å². The highest BCUT2D eigenvalue weighted by Crippen LogP contribution is 2.10. The number of hydrogen-bond donors (Lipinski definition) is 1. The third-order valence-corrected chi connectivity index (χ3v) is 1.81. The summed E-state index contributed by atoms with van der Waals surface area (Å²) >= 11 is 0. The Bertz CT molecular complexity index is 277. The monoisotopic (exact) mass is 237 g/mol. The Balaban J connectivity index is 0. The molecule has 0 fully saturated rings. The van der Waals surface area contributed by atoms with Gasteiger partial charge in [0.1, 0.15) is 0 Å². The van der Waals surface area contributed by atoms with Crippen molar-refractivity contribution >= 4 is 11.6 Å². The van der Waals surface area contributed by atoms with Gasteiger partial charge in [0.25, 0.3) is 0 Å². The van der Waals surface area contributed by atoms with Crippen LogP contribution in [0.5, 0.6) is 0 Å². The first-order valence-electron chi connectivity index (χ1n) is 6.59. The summed E-state index contributed by atoms with van der Waals surface area (Å²) in [4.78, 5) is 10.7. The van der Waals surface area contributed by atoms with E-state index in [4.69, 9.17) is 0 Å². The zero-order chi connectivity index (χ0) is 13.7. The number of rotatable bonds is 3. The van der Waals surface area contributed by atoms with Gasteiger partial charge in [-0.1, -0.05) is 53.2 Å². The van der Waals surface area contributed by atoms with Gasteiger partial charge in [-0.3, -0.25) is 4.79 Å². The molecule has 0 aliphatic heterocycles. The molecule has 0 aliphatic carbocycles. The molecule has 0 saturated carbocycles. The largest absolute Gasteiger partial charge is 0.326 e. The van der Waals surface area contributed by atoms with Crippen LogP contribution in [0.4, 0.5) is 5.69 Å². The number of nitrogens with one attached hydrogen (secondary N) is 1. The van der Waals surface area contributed by atoms with Gasteiger partial charge in [0.15, 0.2) is 0 Å². The van der Waals surface area contributed by atoms with Crippen LogP contribution >= 0.6 is 0 Å². The molecule has 0 radical (unpaired) electrons. The molecule has 0 spiro atoms. The summed E-state index contributed by atoms with van der Waals surface area (Å²) in [5.74, 6) is -0.0248. The van der Waals surface area contributed by atoms with E-state index < -0.39 is 0 Å². The number of amides is 1. The van der Waals surface area contributed by atoms with Crippen LogP contribution in [-0.2, 0) is 11.2 Å². The molecule has 0 bridgehead atoms. The molecule has 1 N–H and O–H groups in total. The number of aryl methyl sites for hydroxylation is 1. The van der Waals surface area contributed by atoms with Gasteiger partial charge in [-0.2, -0.15) is 0 Å². The average molecular weight is 237 g/mol. The number of carbonyl (C=O) groups excluding carboxylic acids is 1. The molecule has 2 heteroatoms. The van der Waals surface area contributed by atoms with Crippen molar-refractivity contribution in [2.75, 3.05) is 5.32 Å². The summed E-state index contributed by atoms with van der Waals surface area (Å²) < 4.78 is 0. The molecule has 2 nitrogen and oxygen atoms in total. The number of anilines is 1. The summed E-state index contributed by atoms with van der Waals surface area (Å²) in [6.07, 6.45) is 2.25. The van der Waals surface area contributed by atoms with Crippen molar-refractivity contribution in [2.45, 2.75) is 54.4 Å². The lowest BCUT2D eigenvalue weighted by Crippen LogP contribution is -2.05. The van der Waals surface area contributed by atoms with Crippen LogP contribution < -0.4 is 5.32 Å². The first-order valence-corrected chi connectivity index (χ1v) is 6.59. The van der Waals surface area contributed by atoms with Gasteiger partial charge in [0.05, 0.1) is 0 Å². The Morgan fingerprint density at radius 3 is 1.88 bits per heavy atom. The first-order chi connectivity index (χ1) is 8.22. The number of carbonyl (C=O) groups is 1. The highest BCUT2D eigenvalue weighted by atomic mass is 16.1. The van der Waals surface area contributed by atoms with Crippen LogP contribution in [0.15, 0.2) is 24.3 Å². The molecule has 0 aliphatic rings. The number of hydrogen-bond acceptors (Lipinski definition) is 1. The molecule has 1 aromatic rings. The van der Waals surface area contributed by atoms with Crippen LogP contribution in [-0.4, -0.2) is 5.91 Å². The molecule has 17 heavy (non-hydrogen) atoms. The Morgan fingerprint density at radius 1 is 1.06 bits per heavy atom. The van der Waals surface area contributed by atoms with Crippen molar-refractivity contribution in [3.63, 3.8) is 0 Å². The second kappa shape index (κ2) is 12.8. The van der Waals surface area contributed by atoms with Crippen molar-refractivity contribution in [1.29, 1.82) is 0 Å². The molecule has 1 amide bonds. The maximum atomic E-state index is 10.7. The summed E-state index contributed by atoms with van der Waals surface area (Å²) in [7, 11) is 0. The topological polar surface area (TPSA) is 29.1 Å². The Morgan fingerprint density at radius 2 is 1.53 bits per heavy atom. The molecule has 0 aromatic heterocycles. The van der Waals surface area contributed by atoms with E-state index in [1.165, 1.54) is 12.5 Å². The summed E-state index contributed by atoms with van der Waals surface area (Å²) in [6.45, 7) is 11.7. The minimum Gasteiger partial charge on any atom is -0.326 e. The lowest BCUT2D eigenvalue weighted by molar-refractivity contribution is -0.114. The van der Waals surface area contributed by atoms with E-state index in [0.29, 0.717) is 0 Å². The second-order valence-corrected chi connectivity index (χ2v) is 3.13. The van der Waals surface area contributed by atoms with E-state index >= 15 is 0 Å². The lowest BCUT2D eigenvalue weighted by Gasteiger charge is -2.03. The van der Waals surface area contributed by atoms with Gasteiger partial charge in [-0.15, -0.1) is 0 Å². The standard InChI is InChI=1S/C11H15NO.2C2H6/c1-3-4-10-5-7-11(8-6-10)12-9(2)13;2*1-2/h5-8H,3-4H2,1-2H3,(H,12,13);2*1-2H3. The number of benzene rings is 1. The summed E-state index contributed by atoms with van der Waals surface area (Å²) in [6, 6.07) is 7.97. The Hall–Kier alpha value is -1.31. The van der Waals surface area contributed by atoms with E-state index in [1.54, 1.807) is 0 Å². The van der Waals surface area contributed by atoms with Crippen molar-refractivity contribution in [2.24, 2.45) is 0 Å². The lowest BCUT2D eigenvalue weighted by atomic mass is 10.1. The summed E-state index contributed by atoms with van der Waals surface area (Å²) in [5.41, 5.74) is 2.18. The van der Waals surface area contributed by atoms with Crippen molar-refractivity contribution in [3.8, 4) is 0 Å². The fraction of sp³-hybridized carbons (Fsp3) is 0.533. The van der Waals surface area contributed by atoms with Crippen LogP contribution in [0.1, 0.15) is 53.5 Å². The van der Waals surface area contributed by atoms with E-state index in [2.05, 4.69) is 24.4 Å². The fourth-order valence-corrected chi connectivity index (χ4v) is 1.25. The molecule has 0 atom stereocenters. The van der Waals surface area contributed by atoms with Crippen LogP contribution in [0.2, 0.25) is 0 Å². The predicted octanol–water partition coefficient (Wildman–Crippen LogP) is 4.65. The van der Waals surface area contributed by atoms with Gasteiger partial charge in [0.2, 0.25) is 5.91 Å². The third kappa shape index (κ3) is 9.61. The zero-order valence-corrected chi connectivity index (χ0v) is 12.1. The minimum absolute atomic E-state index is 0.0248. The van der Waals surface area contributed by atoms with Crippen molar-refractivity contribution in [3.05, 3.63) is 29.8 Å². The third-order valence-electron chi connectivity index (χ3n) is 1.81. The molecule has 98 valence electrons. The van der Waals surface area contributed by atoms with E-state index in [-0.39, 0.29) is 5.91 Å². The Kier molecular flexibility index (Phi) is 13.6. The normalized spacial score (nSPS) is 8.12. The predicted molar refractivity (Wildman–Crippen MR) is 77.4 cm³/mol. The summed E-state index contributed by atoms with van der Waals surface area (Å²) in [5, 5.41) is 2.74. The van der Waals surface area contributed by atoms with Gasteiger partial charge >= 0.3 is 0 Å². The van der Waals surface area contributed by atoms with Crippen LogP contribution in [0.25, 0.3) is 0 Å². The van der Waals surface area contributed by atoms with Crippen LogP contribution in [0, 0.1) is 0 Å². The zero-order valence-electron chi connectivity index (χ0n) is 12.1. The highest BCUT2D eigenvalue weighted by Gasteiger charge is 1.95. The first kappa shape index (κ1) is 18.1. The SMILES string of the molecule is CC.CC.CCCc1ccc(NC(C)=O)cc1. The maximum absolute atomic E-state index is 10.7. The second-order valence-electron chi connectivity index (χ2n) is 3.13. The Labute approximate surface area is 106 Å². The molecular formula is C15H27NO. The van der Waals surface area contributed by atoms with E-state index in [1.807, 2.05) is 39.8 Å². The molecule has 0 heterocycles. The van der Waals surface area contributed by atoms with Gasteiger partial charge < -0.3 is 5.32 Å². The fourth-order valence-electron chi connectivity index (χ4n) is 1.25. The van der Waals surface area contributed by atoms with Gasteiger partial charge in [-0.25, -0.2) is 0 Å². The molecule has 0 saturated heterocycles. The minimum atomic E-state index is -0.0248. The van der Waals surface area contributed by atoms with E-state index in [9.17, 15) is 4.79 Å². The molecule has 1 aromatic carbocycles. The molecular weight excluding hydrogens is 210 g/mol. The van der Waals surface area contributed by atoms with Crippen molar-refractivity contribution < 1.29 is 4.79 Å². The van der Waals surface area contributed by atoms with Crippen molar-refractivity contribution in [1.82, 2.24) is 0 Å². The molecule has 1 rings (SSSR count). The van der Waals surface area contributed by atoms with E-state index in [0.717, 1.165) is 18.5 Å².